The van der Waals surface area contributed by atoms with Crippen molar-refractivity contribution in [3.8, 4) is 0 Å². The number of nitrogens with zero attached hydrogens (tertiary/aromatic N) is 1. The van der Waals surface area contributed by atoms with Crippen LogP contribution in [0.2, 0.25) is 0 Å². The number of aliphatic hydroxyl groups is 1. The Labute approximate surface area is 109 Å². The smallest absolute Gasteiger partial charge is 0.247 e. The molecule has 1 aromatic carbocycles. The number of carbonyl (C=O) groups excluding carboxylic acids is 2. The number of benzene rings is 1. The monoisotopic (exact) mass is 263 g/mol. The molecule has 0 aliphatic carbocycles. The molecule has 0 unspecified atom stereocenters. The predicted molar refractivity (Wildman–Crippen MR) is 69.4 cm³/mol. The highest BCUT2D eigenvalue weighted by Crippen LogP contribution is 2.41. The Balaban J connectivity index is 1.97. The van der Waals surface area contributed by atoms with Gasteiger partial charge in [-0.05, 0) is 19.1 Å². The van der Waals surface area contributed by atoms with Crippen LogP contribution >= 0.6 is 11.8 Å². The van der Waals surface area contributed by atoms with E-state index in [0.717, 1.165) is 5.56 Å². The fraction of sp³-hybridized carbons (Fsp3) is 0.385. The molecule has 2 aliphatic heterocycles. The van der Waals surface area contributed by atoms with Gasteiger partial charge in [0.15, 0.2) is 0 Å². The molecule has 0 bridgehead atoms. The molecule has 3 rings (SSSR count). The van der Waals surface area contributed by atoms with E-state index >= 15 is 0 Å². The predicted octanol–water partition coefficient (Wildman–Crippen LogP) is 0.961. The van der Waals surface area contributed by atoms with Crippen LogP contribution in [0.3, 0.4) is 0 Å². The summed E-state index contributed by atoms with van der Waals surface area (Å²) < 4.78 is 0. The molecule has 18 heavy (non-hydrogen) atoms. The highest BCUT2D eigenvalue weighted by molar-refractivity contribution is 8.01. The third-order valence-electron chi connectivity index (χ3n) is 3.45. The molecule has 1 N–H and O–H groups in total. The largest absolute Gasteiger partial charge is 0.391 e. The van der Waals surface area contributed by atoms with Crippen LogP contribution in [-0.4, -0.2) is 34.0 Å². The summed E-state index contributed by atoms with van der Waals surface area (Å²) in [5.41, 5.74) is 1.67. The molecule has 0 saturated carbocycles. The van der Waals surface area contributed by atoms with Crippen LogP contribution in [0.25, 0.3) is 0 Å². The first-order valence-corrected chi connectivity index (χ1v) is 6.88. The first kappa shape index (κ1) is 11.7. The van der Waals surface area contributed by atoms with Gasteiger partial charge in [0, 0.05) is 5.75 Å². The first-order valence-electron chi connectivity index (χ1n) is 5.84. The van der Waals surface area contributed by atoms with Crippen molar-refractivity contribution < 1.29 is 14.7 Å². The van der Waals surface area contributed by atoms with Gasteiger partial charge in [-0.15, -0.1) is 11.8 Å². The van der Waals surface area contributed by atoms with Crippen molar-refractivity contribution in [1.82, 2.24) is 0 Å². The second-order valence-corrected chi connectivity index (χ2v) is 5.87. The summed E-state index contributed by atoms with van der Waals surface area (Å²) in [7, 11) is 0. The van der Waals surface area contributed by atoms with E-state index in [0.29, 0.717) is 11.4 Å². The number of carbonyl (C=O) groups is 2. The summed E-state index contributed by atoms with van der Waals surface area (Å²) in [6.07, 6.45) is -0.702. The zero-order valence-corrected chi connectivity index (χ0v) is 10.7. The third kappa shape index (κ3) is 1.58. The summed E-state index contributed by atoms with van der Waals surface area (Å²) in [5, 5.41) is 9.37. The molecular formula is C13H13NO3S. The molecule has 2 fully saturated rings. The number of aliphatic hydroxyl groups excluding tert-OH is 1. The van der Waals surface area contributed by atoms with Crippen molar-refractivity contribution >= 4 is 29.3 Å². The zero-order chi connectivity index (χ0) is 12.9. The van der Waals surface area contributed by atoms with Crippen molar-refractivity contribution in [2.75, 3.05) is 10.7 Å². The van der Waals surface area contributed by atoms with Crippen molar-refractivity contribution in [3.05, 3.63) is 29.8 Å². The zero-order valence-electron chi connectivity index (χ0n) is 9.87. The van der Waals surface area contributed by atoms with E-state index in [9.17, 15) is 14.7 Å². The normalized spacial score (nSPS) is 31.0. The molecule has 0 spiro atoms. The van der Waals surface area contributed by atoms with Crippen LogP contribution in [0.15, 0.2) is 24.3 Å². The minimum Gasteiger partial charge on any atom is -0.391 e. The number of aryl methyl sites for hydroxylation is 1. The Morgan fingerprint density at radius 2 is 1.89 bits per heavy atom. The van der Waals surface area contributed by atoms with E-state index in [1.165, 1.54) is 16.7 Å². The third-order valence-corrected chi connectivity index (χ3v) is 4.84. The molecule has 0 aromatic heterocycles. The quantitative estimate of drug-likeness (QED) is 0.767. The molecule has 5 heteroatoms. The van der Waals surface area contributed by atoms with Crippen LogP contribution in [0.5, 0.6) is 0 Å². The average Bonchev–Trinajstić information content (AvgIpc) is 2.83. The number of fused-ring (bicyclic) bond motifs is 1. The van der Waals surface area contributed by atoms with Gasteiger partial charge in [-0.2, -0.15) is 0 Å². The van der Waals surface area contributed by atoms with Gasteiger partial charge in [0.1, 0.15) is 0 Å². The van der Waals surface area contributed by atoms with Gasteiger partial charge in [0.2, 0.25) is 11.8 Å². The minimum atomic E-state index is -0.702. The van der Waals surface area contributed by atoms with E-state index in [1.54, 1.807) is 12.1 Å². The molecule has 94 valence electrons. The standard InChI is InChI=1S/C13H13NO3S/c1-7-2-4-8(5-3-7)14-12(16)10-9(15)6-18-11(10)13(14)17/h2-5,9-11,15H,6H2,1H3/t9-,10-,11+/m1/s1. The van der Waals surface area contributed by atoms with Gasteiger partial charge in [-0.3, -0.25) is 9.59 Å². The Bertz CT molecular complexity index is 513. The topological polar surface area (TPSA) is 57.6 Å². The number of imide groups is 1. The number of hydrogen-bond donors (Lipinski definition) is 1. The van der Waals surface area contributed by atoms with Gasteiger partial charge in [-0.1, -0.05) is 17.7 Å². The lowest BCUT2D eigenvalue weighted by Gasteiger charge is -2.16. The Morgan fingerprint density at radius 1 is 1.22 bits per heavy atom. The summed E-state index contributed by atoms with van der Waals surface area (Å²) in [4.78, 5) is 25.6. The van der Waals surface area contributed by atoms with Gasteiger partial charge in [0.05, 0.1) is 23.0 Å². The SMILES string of the molecule is Cc1ccc(N2C(=O)[C@@H]3[C@H](O)CS[C@@H]3C2=O)cc1. The van der Waals surface area contributed by atoms with E-state index in [1.807, 2.05) is 19.1 Å². The van der Waals surface area contributed by atoms with E-state index in [-0.39, 0.29) is 11.8 Å². The number of hydrogen-bond acceptors (Lipinski definition) is 4. The molecule has 2 heterocycles. The highest BCUT2D eigenvalue weighted by Gasteiger charge is 2.55. The molecular weight excluding hydrogens is 250 g/mol. The summed E-state index contributed by atoms with van der Waals surface area (Å²) in [5.74, 6) is -0.570. The number of amides is 2. The summed E-state index contributed by atoms with van der Waals surface area (Å²) >= 11 is 1.37. The van der Waals surface area contributed by atoms with E-state index in [2.05, 4.69) is 0 Å². The maximum atomic E-state index is 12.2. The van der Waals surface area contributed by atoms with Gasteiger partial charge < -0.3 is 5.11 Å². The number of thioether (sulfide) groups is 1. The molecule has 3 atom stereocenters. The lowest BCUT2D eigenvalue weighted by molar-refractivity contribution is -0.123. The molecule has 0 radical (unpaired) electrons. The fourth-order valence-corrected chi connectivity index (χ4v) is 3.83. The van der Waals surface area contributed by atoms with Gasteiger partial charge in [-0.25, -0.2) is 4.90 Å². The summed E-state index contributed by atoms with van der Waals surface area (Å²) in [6, 6.07) is 7.27. The molecule has 4 nitrogen and oxygen atoms in total. The first-order chi connectivity index (χ1) is 8.59. The van der Waals surface area contributed by atoms with Crippen LogP contribution in [0.4, 0.5) is 5.69 Å². The Morgan fingerprint density at radius 3 is 2.50 bits per heavy atom. The number of anilines is 1. The molecule has 2 amide bonds. The molecule has 1 aromatic rings. The molecule has 2 saturated heterocycles. The van der Waals surface area contributed by atoms with Gasteiger partial charge in [0.25, 0.3) is 0 Å². The maximum absolute atomic E-state index is 12.2. The minimum absolute atomic E-state index is 0.199. The number of rotatable bonds is 1. The Kier molecular flexibility index (Phi) is 2.68. The highest BCUT2D eigenvalue weighted by atomic mass is 32.2. The Hall–Kier alpha value is -1.33. The van der Waals surface area contributed by atoms with Gasteiger partial charge >= 0.3 is 0 Å². The average molecular weight is 263 g/mol. The van der Waals surface area contributed by atoms with Crippen LogP contribution in [0, 0.1) is 12.8 Å². The second-order valence-electron chi connectivity index (χ2n) is 4.69. The lowest BCUT2D eigenvalue weighted by Crippen LogP contribution is -2.34. The fourth-order valence-electron chi connectivity index (χ4n) is 2.46. The van der Waals surface area contributed by atoms with Crippen LogP contribution < -0.4 is 4.90 Å². The van der Waals surface area contributed by atoms with Crippen molar-refractivity contribution in [3.63, 3.8) is 0 Å². The van der Waals surface area contributed by atoms with Crippen molar-refractivity contribution in [1.29, 1.82) is 0 Å². The van der Waals surface area contributed by atoms with E-state index in [4.69, 9.17) is 0 Å². The summed E-state index contributed by atoms with van der Waals surface area (Å²) in [6.45, 7) is 1.95. The van der Waals surface area contributed by atoms with Crippen molar-refractivity contribution in [2.24, 2.45) is 5.92 Å². The maximum Gasteiger partial charge on any atom is 0.247 e. The van der Waals surface area contributed by atoms with Crippen molar-refractivity contribution in [2.45, 2.75) is 18.3 Å². The van der Waals surface area contributed by atoms with Crippen LogP contribution in [0.1, 0.15) is 5.56 Å². The van der Waals surface area contributed by atoms with Crippen LogP contribution in [-0.2, 0) is 9.59 Å². The van der Waals surface area contributed by atoms with E-state index < -0.39 is 17.3 Å². The second kappa shape index (κ2) is 4.10. The molecule has 2 aliphatic rings. The lowest BCUT2D eigenvalue weighted by atomic mass is 10.0.